The molecule has 3 heteroatoms. The van der Waals surface area contributed by atoms with Crippen molar-refractivity contribution in [3.63, 3.8) is 0 Å². The first kappa shape index (κ1) is 12.2. The molecule has 0 fully saturated rings. The van der Waals surface area contributed by atoms with Crippen LogP contribution in [0, 0.1) is 0 Å². The number of hydrogen-bond donors (Lipinski definition) is 1. The standard InChI is InChI=1S/C15H15NO2/c1-11(14-5-3-4-6-15(14)17)16-12-7-9-13(18-2)10-8-12/h3-10,17H,1-2H3. The van der Waals surface area contributed by atoms with E-state index >= 15 is 0 Å². The van der Waals surface area contributed by atoms with Gasteiger partial charge in [0.05, 0.1) is 12.8 Å². The molecule has 0 aliphatic rings. The van der Waals surface area contributed by atoms with Crippen LogP contribution in [0.4, 0.5) is 5.69 Å². The highest BCUT2D eigenvalue weighted by atomic mass is 16.5. The number of nitrogens with zero attached hydrogens (tertiary/aromatic N) is 1. The molecular weight excluding hydrogens is 226 g/mol. The Morgan fingerprint density at radius 2 is 1.72 bits per heavy atom. The van der Waals surface area contributed by atoms with Crippen LogP contribution in [0.2, 0.25) is 0 Å². The second-order valence-electron chi connectivity index (χ2n) is 3.91. The van der Waals surface area contributed by atoms with Crippen molar-refractivity contribution in [1.82, 2.24) is 0 Å². The summed E-state index contributed by atoms with van der Waals surface area (Å²) >= 11 is 0. The molecule has 18 heavy (non-hydrogen) atoms. The summed E-state index contributed by atoms with van der Waals surface area (Å²) in [5.74, 6) is 1.04. The molecule has 0 atom stereocenters. The van der Waals surface area contributed by atoms with E-state index in [1.54, 1.807) is 19.2 Å². The SMILES string of the molecule is COc1ccc(N=C(C)c2ccccc2O)cc1. The second-order valence-corrected chi connectivity index (χ2v) is 3.91. The van der Waals surface area contributed by atoms with Gasteiger partial charge in [-0.1, -0.05) is 12.1 Å². The van der Waals surface area contributed by atoms with Gasteiger partial charge < -0.3 is 9.84 Å². The molecule has 0 aliphatic carbocycles. The van der Waals surface area contributed by atoms with Crippen LogP contribution in [0.3, 0.4) is 0 Å². The van der Waals surface area contributed by atoms with E-state index in [0.29, 0.717) is 0 Å². The number of benzene rings is 2. The van der Waals surface area contributed by atoms with Crippen molar-refractivity contribution in [2.45, 2.75) is 6.92 Å². The van der Waals surface area contributed by atoms with Gasteiger partial charge >= 0.3 is 0 Å². The van der Waals surface area contributed by atoms with E-state index in [2.05, 4.69) is 4.99 Å². The zero-order valence-corrected chi connectivity index (χ0v) is 10.4. The van der Waals surface area contributed by atoms with Gasteiger partial charge in [-0.2, -0.15) is 0 Å². The van der Waals surface area contributed by atoms with Gasteiger partial charge in [0.15, 0.2) is 0 Å². The molecule has 0 bridgehead atoms. The summed E-state index contributed by atoms with van der Waals surface area (Å²) in [4.78, 5) is 4.47. The van der Waals surface area contributed by atoms with Gasteiger partial charge in [0.1, 0.15) is 11.5 Å². The van der Waals surface area contributed by atoms with Crippen molar-refractivity contribution < 1.29 is 9.84 Å². The van der Waals surface area contributed by atoms with E-state index in [1.165, 1.54) is 0 Å². The molecule has 2 aromatic rings. The molecule has 3 nitrogen and oxygen atoms in total. The fourth-order valence-electron chi connectivity index (χ4n) is 1.69. The maximum atomic E-state index is 9.74. The number of para-hydroxylation sites is 1. The Labute approximate surface area is 106 Å². The average molecular weight is 241 g/mol. The van der Waals surface area contributed by atoms with Crippen LogP contribution in [-0.2, 0) is 0 Å². The van der Waals surface area contributed by atoms with Gasteiger partial charge in [0, 0.05) is 11.3 Å². The zero-order chi connectivity index (χ0) is 13.0. The summed E-state index contributed by atoms with van der Waals surface area (Å²) in [5, 5.41) is 9.74. The normalized spacial score (nSPS) is 11.3. The topological polar surface area (TPSA) is 41.8 Å². The van der Waals surface area contributed by atoms with Gasteiger partial charge in [-0.15, -0.1) is 0 Å². The van der Waals surface area contributed by atoms with Crippen LogP contribution in [0.1, 0.15) is 12.5 Å². The predicted octanol–water partition coefficient (Wildman–Crippen LogP) is 3.54. The van der Waals surface area contributed by atoms with E-state index in [0.717, 1.165) is 22.7 Å². The number of ether oxygens (including phenoxy) is 1. The molecule has 0 spiro atoms. The van der Waals surface area contributed by atoms with Crippen molar-refractivity contribution in [3.05, 3.63) is 54.1 Å². The van der Waals surface area contributed by atoms with Crippen LogP contribution in [0.15, 0.2) is 53.5 Å². The molecule has 1 N–H and O–H groups in total. The third-order valence-corrected chi connectivity index (χ3v) is 2.66. The Bertz CT molecular complexity index is 559. The molecule has 0 radical (unpaired) electrons. The van der Waals surface area contributed by atoms with Crippen LogP contribution >= 0.6 is 0 Å². The lowest BCUT2D eigenvalue weighted by atomic mass is 10.1. The van der Waals surface area contributed by atoms with Crippen molar-refractivity contribution in [2.75, 3.05) is 7.11 Å². The highest BCUT2D eigenvalue weighted by molar-refractivity contribution is 6.02. The zero-order valence-electron chi connectivity index (χ0n) is 10.4. The molecule has 2 aromatic carbocycles. The maximum absolute atomic E-state index is 9.74. The lowest BCUT2D eigenvalue weighted by Crippen LogP contribution is -1.94. The molecule has 0 heterocycles. The van der Waals surface area contributed by atoms with E-state index < -0.39 is 0 Å². The molecule has 0 aliphatic heterocycles. The Balaban J connectivity index is 2.29. The van der Waals surface area contributed by atoms with Crippen molar-refractivity contribution >= 4 is 11.4 Å². The molecule has 92 valence electrons. The molecular formula is C15H15NO2. The van der Waals surface area contributed by atoms with E-state index in [-0.39, 0.29) is 5.75 Å². The number of phenolic OH excluding ortho intramolecular Hbond substituents is 1. The van der Waals surface area contributed by atoms with Crippen LogP contribution in [0.25, 0.3) is 0 Å². The monoisotopic (exact) mass is 241 g/mol. The summed E-state index contributed by atoms with van der Waals surface area (Å²) < 4.78 is 5.09. The number of methoxy groups -OCH3 is 1. The maximum Gasteiger partial charge on any atom is 0.124 e. The van der Waals surface area contributed by atoms with E-state index in [4.69, 9.17) is 4.74 Å². The van der Waals surface area contributed by atoms with Crippen LogP contribution in [-0.4, -0.2) is 17.9 Å². The van der Waals surface area contributed by atoms with Crippen molar-refractivity contribution in [3.8, 4) is 11.5 Å². The summed E-state index contributed by atoms with van der Waals surface area (Å²) in [6, 6.07) is 14.6. The number of aromatic hydroxyl groups is 1. The third-order valence-electron chi connectivity index (χ3n) is 2.66. The summed E-state index contributed by atoms with van der Waals surface area (Å²) in [7, 11) is 1.63. The highest BCUT2D eigenvalue weighted by Crippen LogP contribution is 2.21. The van der Waals surface area contributed by atoms with E-state index in [9.17, 15) is 5.11 Å². The first-order valence-electron chi connectivity index (χ1n) is 5.68. The molecule has 0 saturated carbocycles. The molecule has 2 rings (SSSR count). The number of aliphatic imine (C=N–C) groups is 1. The Morgan fingerprint density at radius 3 is 2.33 bits per heavy atom. The van der Waals surface area contributed by atoms with E-state index in [1.807, 2.05) is 43.3 Å². The number of rotatable bonds is 3. The van der Waals surface area contributed by atoms with Crippen LogP contribution in [0.5, 0.6) is 11.5 Å². The first-order valence-corrected chi connectivity index (χ1v) is 5.68. The van der Waals surface area contributed by atoms with Gasteiger partial charge in [-0.25, -0.2) is 0 Å². The minimum Gasteiger partial charge on any atom is -0.507 e. The Morgan fingerprint density at radius 1 is 1.06 bits per heavy atom. The Kier molecular flexibility index (Phi) is 3.63. The lowest BCUT2D eigenvalue weighted by molar-refractivity contribution is 0.415. The quantitative estimate of drug-likeness (QED) is 0.835. The van der Waals surface area contributed by atoms with Gasteiger partial charge in [0.2, 0.25) is 0 Å². The van der Waals surface area contributed by atoms with Crippen molar-refractivity contribution in [2.24, 2.45) is 4.99 Å². The van der Waals surface area contributed by atoms with Crippen LogP contribution < -0.4 is 4.74 Å². The van der Waals surface area contributed by atoms with Crippen molar-refractivity contribution in [1.29, 1.82) is 0 Å². The first-order chi connectivity index (χ1) is 8.70. The number of phenols is 1. The van der Waals surface area contributed by atoms with Gasteiger partial charge in [0.25, 0.3) is 0 Å². The predicted molar refractivity (Wildman–Crippen MR) is 73.0 cm³/mol. The lowest BCUT2D eigenvalue weighted by Gasteiger charge is -2.04. The fourth-order valence-corrected chi connectivity index (χ4v) is 1.69. The molecule has 0 aromatic heterocycles. The summed E-state index contributed by atoms with van der Waals surface area (Å²) in [6.07, 6.45) is 0. The fraction of sp³-hybridized carbons (Fsp3) is 0.133. The van der Waals surface area contributed by atoms with Gasteiger partial charge in [-0.3, -0.25) is 4.99 Å². The van der Waals surface area contributed by atoms with Gasteiger partial charge in [-0.05, 0) is 43.3 Å². The smallest absolute Gasteiger partial charge is 0.124 e. The molecule has 0 unspecified atom stereocenters. The summed E-state index contributed by atoms with van der Waals surface area (Å²) in [6.45, 7) is 1.87. The second kappa shape index (κ2) is 5.36. The largest absolute Gasteiger partial charge is 0.507 e. The average Bonchev–Trinajstić information content (AvgIpc) is 2.40. The third kappa shape index (κ3) is 2.69. The summed E-state index contributed by atoms with van der Waals surface area (Å²) in [5.41, 5.74) is 2.35. The minimum absolute atomic E-state index is 0.243. The number of hydrogen-bond acceptors (Lipinski definition) is 3. The Hall–Kier alpha value is -2.29. The molecule has 0 saturated heterocycles. The molecule has 0 amide bonds. The highest BCUT2D eigenvalue weighted by Gasteiger charge is 2.03. The minimum atomic E-state index is 0.243.